The molecule has 0 aliphatic carbocycles. The van der Waals surface area contributed by atoms with Gasteiger partial charge >= 0.3 is 6.36 Å². The zero-order chi connectivity index (χ0) is 21.2. The number of carbonyl (C=O) groups excluding carboxylic acids is 1. The van der Waals surface area contributed by atoms with Gasteiger partial charge in [-0.1, -0.05) is 17.4 Å². The van der Waals surface area contributed by atoms with Crippen LogP contribution in [0.4, 0.5) is 24.5 Å². The summed E-state index contributed by atoms with van der Waals surface area (Å²) in [5.41, 5.74) is 1.23. The molecule has 0 aromatic heterocycles. The van der Waals surface area contributed by atoms with Crippen LogP contribution < -0.4 is 9.75 Å². The molecule has 3 rings (SSSR count). The lowest BCUT2D eigenvalue weighted by molar-refractivity contribution is -0.385. The van der Waals surface area contributed by atoms with E-state index >= 15 is 0 Å². The van der Waals surface area contributed by atoms with Crippen LogP contribution in [-0.4, -0.2) is 28.7 Å². The first kappa shape index (κ1) is 20.0. The van der Waals surface area contributed by atoms with Crippen LogP contribution in [-0.2, 0) is 11.3 Å². The minimum absolute atomic E-state index is 0.0353. The zero-order valence-electron chi connectivity index (χ0n) is 14.9. The minimum atomic E-state index is -4.85. The van der Waals surface area contributed by atoms with Crippen LogP contribution >= 0.6 is 0 Å². The lowest BCUT2D eigenvalue weighted by atomic mass is 10.1. The van der Waals surface area contributed by atoms with Gasteiger partial charge in [-0.25, -0.2) is 10.0 Å². The molecule has 0 amide bonds. The van der Waals surface area contributed by atoms with Crippen molar-refractivity contribution in [3.05, 3.63) is 63.7 Å². The van der Waals surface area contributed by atoms with Crippen molar-refractivity contribution in [2.24, 2.45) is 10.4 Å². The lowest BCUT2D eigenvalue weighted by Gasteiger charge is -2.24. The number of ether oxygens (including phenoxy) is 1. The first-order chi connectivity index (χ1) is 13.7. The summed E-state index contributed by atoms with van der Waals surface area (Å²) in [5, 5.41) is 21.1. The van der Waals surface area contributed by atoms with Crippen molar-refractivity contribution in [1.82, 2.24) is 5.01 Å². The smallest absolute Gasteiger partial charge is 0.406 e. The number of halogens is 3. The summed E-state index contributed by atoms with van der Waals surface area (Å²) in [6, 6.07) is 9.47. The van der Waals surface area contributed by atoms with Crippen LogP contribution in [0, 0.1) is 17.0 Å². The van der Waals surface area contributed by atoms with E-state index < -0.39 is 23.2 Å². The van der Waals surface area contributed by atoms with Gasteiger partial charge in [-0.2, -0.15) is 0 Å². The molecular weight excluding hydrogens is 395 g/mol. The summed E-state index contributed by atoms with van der Waals surface area (Å²) in [5.74, 6) is -0.459. The number of aldehydes is 1. The van der Waals surface area contributed by atoms with Crippen LogP contribution in [0.1, 0.15) is 11.1 Å². The van der Waals surface area contributed by atoms with E-state index in [4.69, 9.17) is 0 Å². The summed E-state index contributed by atoms with van der Waals surface area (Å²) < 4.78 is 41.2. The van der Waals surface area contributed by atoms with Gasteiger partial charge in [0.1, 0.15) is 5.75 Å². The van der Waals surface area contributed by atoms with E-state index in [0.717, 1.165) is 17.1 Å². The maximum atomic E-state index is 12.4. The van der Waals surface area contributed by atoms with Crippen LogP contribution in [0.5, 0.6) is 5.75 Å². The van der Waals surface area contributed by atoms with Crippen molar-refractivity contribution in [2.45, 2.75) is 26.0 Å². The molecule has 0 bridgehead atoms. The van der Waals surface area contributed by atoms with Gasteiger partial charge in [0.2, 0.25) is 0 Å². The highest BCUT2D eigenvalue weighted by molar-refractivity contribution is 5.66. The van der Waals surface area contributed by atoms with Gasteiger partial charge in [0, 0.05) is 17.7 Å². The highest BCUT2D eigenvalue weighted by Gasteiger charge is 2.33. The number of nitro groups is 1. The average molecular weight is 409 g/mol. The Morgan fingerprint density at radius 2 is 2.00 bits per heavy atom. The SMILES string of the molecule is Cc1cc(CN2N=NN(c3cccc(OC(F)(F)F)c3)C2C=O)ccc1[N+](=O)[O-]. The second-order valence-corrected chi connectivity index (χ2v) is 6.09. The highest BCUT2D eigenvalue weighted by atomic mass is 19.4. The van der Waals surface area contributed by atoms with E-state index in [1.807, 2.05) is 0 Å². The monoisotopic (exact) mass is 409 g/mol. The topological polar surface area (TPSA) is 101 Å². The maximum absolute atomic E-state index is 12.4. The molecule has 0 radical (unpaired) electrons. The summed E-state index contributed by atoms with van der Waals surface area (Å²) in [6.07, 6.45) is -5.32. The fraction of sp³-hybridized carbons (Fsp3) is 0.235. The van der Waals surface area contributed by atoms with E-state index in [0.29, 0.717) is 17.4 Å². The van der Waals surface area contributed by atoms with Crippen molar-refractivity contribution in [2.75, 3.05) is 5.01 Å². The van der Waals surface area contributed by atoms with Gasteiger partial charge in [-0.3, -0.25) is 14.9 Å². The number of nitro benzene ring substituents is 1. The van der Waals surface area contributed by atoms with Crippen molar-refractivity contribution >= 4 is 17.7 Å². The Bertz CT molecular complexity index is 966. The molecule has 1 aliphatic rings. The van der Waals surface area contributed by atoms with Crippen LogP contribution in [0.3, 0.4) is 0 Å². The van der Waals surface area contributed by atoms with E-state index in [1.165, 1.54) is 29.3 Å². The Kier molecular flexibility index (Phi) is 5.35. The summed E-state index contributed by atoms with van der Waals surface area (Å²) in [4.78, 5) is 22.0. The molecule has 0 fully saturated rings. The Balaban J connectivity index is 1.78. The fourth-order valence-corrected chi connectivity index (χ4v) is 2.81. The number of nitrogens with zero attached hydrogens (tertiary/aromatic N) is 5. The van der Waals surface area contributed by atoms with Gasteiger partial charge in [-0.15, -0.1) is 13.2 Å². The van der Waals surface area contributed by atoms with Gasteiger partial charge in [0.15, 0.2) is 12.5 Å². The second-order valence-electron chi connectivity index (χ2n) is 6.09. The molecule has 0 N–H and O–H groups in total. The van der Waals surface area contributed by atoms with Crippen molar-refractivity contribution in [1.29, 1.82) is 0 Å². The molecule has 2 aromatic carbocycles. The molecule has 1 unspecified atom stereocenters. The fourth-order valence-electron chi connectivity index (χ4n) is 2.81. The van der Waals surface area contributed by atoms with Gasteiger partial charge in [0.05, 0.1) is 17.2 Å². The molecule has 0 spiro atoms. The number of anilines is 1. The van der Waals surface area contributed by atoms with Gasteiger partial charge in [-0.05, 0) is 35.9 Å². The number of alkyl halides is 3. The van der Waals surface area contributed by atoms with Crippen molar-refractivity contribution in [3.8, 4) is 5.75 Å². The minimum Gasteiger partial charge on any atom is -0.406 e. The first-order valence-corrected chi connectivity index (χ1v) is 8.20. The number of benzene rings is 2. The molecule has 0 saturated carbocycles. The molecule has 1 heterocycles. The third-order valence-electron chi connectivity index (χ3n) is 4.05. The maximum Gasteiger partial charge on any atom is 0.573 e. The Hall–Kier alpha value is -3.70. The summed E-state index contributed by atoms with van der Waals surface area (Å²) in [7, 11) is 0. The quantitative estimate of drug-likeness (QED) is 0.407. The van der Waals surface area contributed by atoms with Crippen LogP contribution in [0.2, 0.25) is 0 Å². The number of aryl methyl sites for hydroxylation is 1. The van der Waals surface area contributed by atoms with Gasteiger partial charge < -0.3 is 4.74 Å². The van der Waals surface area contributed by atoms with E-state index in [1.54, 1.807) is 13.0 Å². The van der Waals surface area contributed by atoms with Gasteiger partial charge in [0.25, 0.3) is 5.69 Å². The van der Waals surface area contributed by atoms with E-state index in [-0.39, 0.29) is 17.9 Å². The number of hydrogen-bond donors (Lipinski definition) is 0. The molecule has 1 atom stereocenters. The standard InChI is InChI=1S/C17H14F3N5O4/c1-11-7-12(5-6-15(11)25(27)28)9-23-16(10-26)24(22-21-23)13-3-2-4-14(8-13)29-17(18,19)20/h2-8,10,16H,9H2,1H3. The number of rotatable bonds is 6. The molecule has 2 aromatic rings. The molecular formula is C17H14F3N5O4. The Labute approximate surface area is 162 Å². The largest absolute Gasteiger partial charge is 0.573 e. The Morgan fingerprint density at radius 1 is 1.24 bits per heavy atom. The zero-order valence-corrected chi connectivity index (χ0v) is 14.9. The third-order valence-corrected chi connectivity index (χ3v) is 4.05. The lowest BCUT2D eigenvalue weighted by Crippen LogP contribution is -2.39. The number of carbonyl (C=O) groups is 1. The third kappa shape index (κ3) is 4.59. The van der Waals surface area contributed by atoms with Crippen LogP contribution in [0.25, 0.3) is 0 Å². The second kappa shape index (κ2) is 7.73. The first-order valence-electron chi connectivity index (χ1n) is 8.20. The molecule has 9 nitrogen and oxygen atoms in total. The summed E-state index contributed by atoms with van der Waals surface area (Å²) in [6.45, 7) is 1.70. The predicted octanol–water partition coefficient (Wildman–Crippen LogP) is 3.93. The predicted molar refractivity (Wildman–Crippen MR) is 93.7 cm³/mol. The normalized spacial score (nSPS) is 16.2. The summed E-state index contributed by atoms with van der Waals surface area (Å²) >= 11 is 0. The van der Waals surface area contributed by atoms with Crippen molar-refractivity contribution < 1.29 is 27.6 Å². The average Bonchev–Trinajstić information content (AvgIpc) is 3.02. The van der Waals surface area contributed by atoms with E-state index in [2.05, 4.69) is 15.2 Å². The van der Waals surface area contributed by atoms with Crippen molar-refractivity contribution in [3.63, 3.8) is 0 Å². The highest BCUT2D eigenvalue weighted by Crippen LogP contribution is 2.31. The molecule has 12 heteroatoms. The molecule has 1 aliphatic heterocycles. The van der Waals surface area contributed by atoms with E-state index in [9.17, 15) is 28.1 Å². The molecule has 29 heavy (non-hydrogen) atoms. The molecule has 0 saturated heterocycles. The number of hydrogen-bond acceptors (Lipinski definition) is 8. The Morgan fingerprint density at radius 3 is 2.62 bits per heavy atom. The van der Waals surface area contributed by atoms with Crippen LogP contribution in [0.15, 0.2) is 52.9 Å². The molecule has 152 valence electrons.